The number of aromatic nitrogens is 2. The molecule has 1 aliphatic rings. The van der Waals surface area contributed by atoms with Crippen LogP contribution in [0.5, 0.6) is 0 Å². The van der Waals surface area contributed by atoms with Crippen LogP contribution in [0.1, 0.15) is 6.42 Å². The lowest BCUT2D eigenvalue weighted by atomic mass is 10.1. The number of fused-ring (bicyclic) bond motifs is 1. The minimum Gasteiger partial charge on any atom is -0.370 e. The summed E-state index contributed by atoms with van der Waals surface area (Å²) in [5.74, 6) is 0.615. The summed E-state index contributed by atoms with van der Waals surface area (Å²) in [6.07, 6.45) is 4.98. The molecule has 3 N–H and O–H groups in total. The average Bonchev–Trinajstić information content (AvgIpc) is 2.96. The predicted molar refractivity (Wildman–Crippen MR) is 73.2 cm³/mol. The molecule has 3 heterocycles. The van der Waals surface area contributed by atoms with Gasteiger partial charge in [-0.15, -0.1) is 0 Å². The van der Waals surface area contributed by atoms with Crippen LogP contribution in [0, 0.1) is 5.92 Å². The molecule has 0 spiro atoms. The van der Waals surface area contributed by atoms with E-state index in [1.807, 2.05) is 12.4 Å². The van der Waals surface area contributed by atoms with Crippen molar-refractivity contribution in [1.82, 2.24) is 9.97 Å². The van der Waals surface area contributed by atoms with Crippen molar-refractivity contribution in [2.24, 2.45) is 11.7 Å². The number of nitrogens with two attached hydrogens (primary N) is 1. The number of nitrogens with zero attached hydrogens (tertiary/aromatic N) is 2. The number of pyridine rings is 1. The van der Waals surface area contributed by atoms with E-state index in [0.29, 0.717) is 5.92 Å². The van der Waals surface area contributed by atoms with E-state index in [1.165, 1.54) is 17.5 Å². The fourth-order valence-corrected chi connectivity index (χ4v) is 3.09. The molecule has 17 heavy (non-hydrogen) atoms. The van der Waals surface area contributed by atoms with E-state index in [9.17, 15) is 0 Å². The molecular formula is C12H15BrN4. The Labute approximate surface area is 108 Å². The Hall–Kier alpha value is -1.07. The molecule has 2 aromatic heterocycles. The normalized spacial score (nSPS) is 20.4. The number of halogens is 1. The van der Waals surface area contributed by atoms with Crippen molar-refractivity contribution in [3.8, 4) is 0 Å². The molecule has 4 nitrogen and oxygen atoms in total. The van der Waals surface area contributed by atoms with Gasteiger partial charge in [-0.05, 0) is 40.9 Å². The first-order valence-electron chi connectivity index (χ1n) is 5.86. The Morgan fingerprint density at radius 3 is 3.24 bits per heavy atom. The molecule has 0 amide bonds. The standard InChI is InChI=1S/C12H15BrN4/c13-10-6-16-12-9(1-3-15-12)11(10)17-4-2-8(5-14)7-17/h1,3,6,8H,2,4-5,7,14H2,(H,15,16). The third kappa shape index (κ3) is 1.83. The minimum absolute atomic E-state index is 0.615. The van der Waals surface area contributed by atoms with Crippen LogP contribution < -0.4 is 10.6 Å². The summed E-state index contributed by atoms with van der Waals surface area (Å²) < 4.78 is 1.06. The maximum atomic E-state index is 5.75. The highest BCUT2D eigenvalue weighted by Gasteiger charge is 2.24. The Morgan fingerprint density at radius 2 is 2.47 bits per heavy atom. The average molecular weight is 295 g/mol. The molecule has 1 fully saturated rings. The molecule has 1 atom stereocenters. The number of H-pyrrole nitrogens is 1. The van der Waals surface area contributed by atoms with E-state index >= 15 is 0 Å². The van der Waals surface area contributed by atoms with Crippen LogP contribution >= 0.6 is 15.9 Å². The van der Waals surface area contributed by atoms with E-state index in [0.717, 1.165) is 29.8 Å². The molecule has 0 bridgehead atoms. The predicted octanol–water partition coefficient (Wildman–Crippen LogP) is 2.11. The van der Waals surface area contributed by atoms with Crippen molar-refractivity contribution in [2.75, 3.05) is 24.5 Å². The molecular weight excluding hydrogens is 280 g/mol. The van der Waals surface area contributed by atoms with Crippen molar-refractivity contribution >= 4 is 32.7 Å². The zero-order chi connectivity index (χ0) is 11.8. The van der Waals surface area contributed by atoms with Crippen LogP contribution in [0.4, 0.5) is 5.69 Å². The molecule has 0 radical (unpaired) electrons. The van der Waals surface area contributed by atoms with E-state index in [2.05, 4.69) is 36.9 Å². The highest BCUT2D eigenvalue weighted by Crippen LogP contribution is 2.35. The molecule has 3 rings (SSSR count). The van der Waals surface area contributed by atoms with Crippen LogP contribution in [0.2, 0.25) is 0 Å². The third-order valence-corrected chi connectivity index (χ3v) is 4.03. The Morgan fingerprint density at radius 1 is 1.59 bits per heavy atom. The molecule has 0 aromatic carbocycles. The van der Waals surface area contributed by atoms with E-state index in [1.54, 1.807) is 0 Å². The lowest BCUT2D eigenvalue weighted by molar-refractivity contribution is 0.603. The van der Waals surface area contributed by atoms with E-state index < -0.39 is 0 Å². The van der Waals surface area contributed by atoms with E-state index in [-0.39, 0.29) is 0 Å². The topological polar surface area (TPSA) is 57.9 Å². The van der Waals surface area contributed by atoms with Crippen LogP contribution in [-0.2, 0) is 0 Å². The first-order chi connectivity index (χ1) is 8.29. The maximum absolute atomic E-state index is 5.75. The molecule has 1 saturated heterocycles. The number of nitrogens with one attached hydrogen (secondary N) is 1. The highest BCUT2D eigenvalue weighted by atomic mass is 79.9. The fourth-order valence-electron chi connectivity index (χ4n) is 2.52. The first-order valence-corrected chi connectivity index (χ1v) is 6.65. The van der Waals surface area contributed by atoms with Gasteiger partial charge in [0.2, 0.25) is 0 Å². The second-order valence-electron chi connectivity index (χ2n) is 4.53. The minimum atomic E-state index is 0.615. The SMILES string of the molecule is NCC1CCN(c2c(Br)cnc3[nH]ccc23)C1. The summed E-state index contributed by atoms with van der Waals surface area (Å²) in [6.45, 7) is 2.89. The van der Waals surface area contributed by atoms with Gasteiger partial charge in [-0.25, -0.2) is 4.98 Å². The number of anilines is 1. The van der Waals surface area contributed by atoms with Crippen molar-refractivity contribution in [1.29, 1.82) is 0 Å². The fraction of sp³-hybridized carbons (Fsp3) is 0.417. The molecule has 0 aliphatic carbocycles. The first kappa shape index (κ1) is 11.0. The Balaban J connectivity index is 2.04. The monoisotopic (exact) mass is 294 g/mol. The molecule has 2 aromatic rings. The third-order valence-electron chi connectivity index (χ3n) is 3.45. The Kier molecular flexibility index (Phi) is 2.80. The smallest absolute Gasteiger partial charge is 0.139 e. The summed E-state index contributed by atoms with van der Waals surface area (Å²) in [7, 11) is 0. The Bertz CT molecular complexity index is 536. The van der Waals surface area contributed by atoms with Gasteiger partial charge < -0.3 is 15.6 Å². The van der Waals surface area contributed by atoms with Crippen molar-refractivity contribution in [2.45, 2.75) is 6.42 Å². The zero-order valence-corrected chi connectivity index (χ0v) is 11.1. The van der Waals surface area contributed by atoms with Gasteiger partial charge in [0.15, 0.2) is 0 Å². The summed E-state index contributed by atoms with van der Waals surface area (Å²) in [5.41, 5.74) is 7.93. The van der Waals surface area contributed by atoms with Crippen LogP contribution in [0.3, 0.4) is 0 Å². The van der Waals surface area contributed by atoms with Crippen LogP contribution in [-0.4, -0.2) is 29.6 Å². The van der Waals surface area contributed by atoms with Gasteiger partial charge in [0.05, 0.1) is 10.2 Å². The second kappa shape index (κ2) is 4.31. The zero-order valence-electron chi connectivity index (χ0n) is 9.49. The number of aromatic amines is 1. The molecule has 1 aliphatic heterocycles. The van der Waals surface area contributed by atoms with Crippen molar-refractivity contribution < 1.29 is 0 Å². The highest BCUT2D eigenvalue weighted by molar-refractivity contribution is 9.10. The quantitative estimate of drug-likeness (QED) is 0.892. The summed E-state index contributed by atoms with van der Waals surface area (Å²) >= 11 is 3.60. The van der Waals surface area contributed by atoms with Gasteiger partial charge in [0.1, 0.15) is 5.65 Å². The number of hydrogen-bond donors (Lipinski definition) is 2. The van der Waals surface area contributed by atoms with Gasteiger partial charge in [-0.3, -0.25) is 0 Å². The van der Waals surface area contributed by atoms with Gasteiger partial charge in [-0.1, -0.05) is 0 Å². The van der Waals surface area contributed by atoms with Crippen LogP contribution in [0.15, 0.2) is 22.9 Å². The van der Waals surface area contributed by atoms with Gasteiger partial charge >= 0.3 is 0 Å². The van der Waals surface area contributed by atoms with Crippen LogP contribution in [0.25, 0.3) is 11.0 Å². The summed E-state index contributed by atoms with van der Waals surface area (Å²) in [6, 6.07) is 2.08. The summed E-state index contributed by atoms with van der Waals surface area (Å²) in [4.78, 5) is 9.91. The molecule has 0 saturated carbocycles. The van der Waals surface area contributed by atoms with Gasteiger partial charge in [-0.2, -0.15) is 0 Å². The van der Waals surface area contributed by atoms with Crippen molar-refractivity contribution in [3.05, 3.63) is 22.9 Å². The van der Waals surface area contributed by atoms with E-state index in [4.69, 9.17) is 5.73 Å². The summed E-state index contributed by atoms with van der Waals surface area (Å²) in [5, 5.41) is 1.18. The second-order valence-corrected chi connectivity index (χ2v) is 5.39. The maximum Gasteiger partial charge on any atom is 0.139 e. The lowest BCUT2D eigenvalue weighted by Gasteiger charge is -2.20. The molecule has 1 unspecified atom stereocenters. The largest absolute Gasteiger partial charge is 0.370 e. The molecule has 5 heteroatoms. The lowest BCUT2D eigenvalue weighted by Crippen LogP contribution is -2.23. The molecule has 90 valence electrons. The van der Waals surface area contributed by atoms with Gasteiger partial charge in [0, 0.05) is 30.9 Å². The van der Waals surface area contributed by atoms with Gasteiger partial charge in [0.25, 0.3) is 0 Å². The van der Waals surface area contributed by atoms with Crippen molar-refractivity contribution in [3.63, 3.8) is 0 Å². The number of rotatable bonds is 2. The number of hydrogen-bond acceptors (Lipinski definition) is 3.